The number of carbonyl (C=O) groups is 1. The summed E-state index contributed by atoms with van der Waals surface area (Å²) in [5, 5.41) is 3.08. The molecule has 0 saturated heterocycles. The van der Waals surface area contributed by atoms with Gasteiger partial charge in [0.05, 0.1) is 6.04 Å². The van der Waals surface area contributed by atoms with Crippen LogP contribution in [-0.2, 0) is 0 Å². The number of nitrogens with zero attached hydrogens (tertiary/aromatic N) is 2. The summed E-state index contributed by atoms with van der Waals surface area (Å²) in [5.74, 6) is 0. The first-order valence-electron chi connectivity index (χ1n) is 7.99. The largest absolute Gasteiger partial charge is 0.336 e. The summed E-state index contributed by atoms with van der Waals surface area (Å²) in [6.45, 7) is 12.4. The van der Waals surface area contributed by atoms with E-state index in [0.29, 0.717) is 6.54 Å². The molecule has 0 aliphatic carbocycles. The molecule has 2 amide bonds. The van der Waals surface area contributed by atoms with E-state index in [1.165, 1.54) is 5.56 Å². The third-order valence-electron chi connectivity index (χ3n) is 3.93. The first kappa shape index (κ1) is 17.5. The van der Waals surface area contributed by atoms with Gasteiger partial charge in [-0.05, 0) is 32.5 Å². The molecule has 0 aromatic heterocycles. The maximum Gasteiger partial charge on any atom is 0.317 e. The van der Waals surface area contributed by atoms with Crippen LogP contribution >= 0.6 is 0 Å². The zero-order valence-corrected chi connectivity index (χ0v) is 13.8. The van der Waals surface area contributed by atoms with Gasteiger partial charge in [-0.15, -0.1) is 0 Å². The van der Waals surface area contributed by atoms with Crippen LogP contribution in [0.5, 0.6) is 0 Å². The molecule has 0 saturated carbocycles. The van der Waals surface area contributed by atoms with Gasteiger partial charge in [0.15, 0.2) is 0 Å². The zero-order valence-electron chi connectivity index (χ0n) is 13.8. The van der Waals surface area contributed by atoms with E-state index >= 15 is 0 Å². The number of nitrogens with one attached hydrogen (secondary N) is 1. The molecule has 0 heterocycles. The number of hydrogen-bond donors (Lipinski definition) is 1. The van der Waals surface area contributed by atoms with Crippen molar-refractivity contribution in [3.05, 3.63) is 35.9 Å². The molecule has 0 spiro atoms. The average Bonchev–Trinajstić information content (AvgIpc) is 2.53. The molecule has 4 heteroatoms. The highest BCUT2D eigenvalue weighted by molar-refractivity contribution is 5.74. The highest BCUT2D eigenvalue weighted by atomic mass is 16.2. The second kappa shape index (κ2) is 9.40. The summed E-state index contributed by atoms with van der Waals surface area (Å²) in [6.07, 6.45) is 0. The lowest BCUT2D eigenvalue weighted by Crippen LogP contribution is -2.44. The number of benzene rings is 1. The lowest BCUT2D eigenvalue weighted by atomic mass is 10.1. The summed E-state index contributed by atoms with van der Waals surface area (Å²) in [4.78, 5) is 16.3. The Morgan fingerprint density at radius 3 is 2.05 bits per heavy atom. The normalized spacial score (nSPS) is 12.2. The van der Waals surface area contributed by atoms with Crippen molar-refractivity contribution in [3.8, 4) is 0 Å². The topological polar surface area (TPSA) is 35.6 Å². The van der Waals surface area contributed by atoms with Gasteiger partial charge in [0.25, 0.3) is 0 Å². The molecule has 1 atom stereocenters. The minimum Gasteiger partial charge on any atom is -0.336 e. The predicted octanol–water partition coefficient (Wildman–Crippen LogP) is 3.12. The Balaban J connectivity index is 2.77. The van der Waals surface area contributed by atoms with Crippen LogP contribution in [0.15, 0.2) is 30.3 Å². The summed E-state index contributed by atoms with van der Waals surface area (Å²) < 4.78 is 0. The lowest BCUT2D eigenvalue weighted by molar-refractivity contribution is 0.186. The van der Waals surface area contributed by atoms with Gasteiger partial charge in [0, 0.05) is 19.6 Å². The Morgan fingerprint density at radius 1 is 1.00 bits per heavy atom. The van der Waals surface area contributed by atoms with E-state index in [2.05, 4.69) is 48.3 Å². The standard InChI is InChI=1S/C17H29N3O/c1-5-19(6-2)16(15-12-10-9-11-13-15)14-18-17(21)20(7-3)8-4/h9-13,16H,5-8,14H2,1-4H3,(H,18,21). The number of rotatable bonds is 8. The third-order valence-corrected chi connectivity index (χ3v) is 3.93. The first-order valence-corrected chi connectivity index (χ1v) is 7.99. The number of hydrogen-bond acceptors (Lipinski definition) is 2. The average molecular weight is 291 g/mol. The van der Waals surface area contributed by atoms with E-state index in [1.54, 1.807) is 0 Å². The third kappa shape index (κ3) is 5.05. The van der Waals surface area contributed by atoms with E-state index in [9.17, 15) is 4.79 Å². The van der Waals surface area contributed by atoms with Crippen molar-refractivity contribution < 1.29 is 4.79 Å². The van der Waals surface area contributed by atoms with E-state index in [1.807, 2.05) is 24.8 Å². The molecule has 1 aromatic rings. The molecular formula is C17H29N3O. The molecule has 1 rings (SSSR count). The molecule has 4 nitrogen and oxygen atoms in total. The summed E-state index contributed by atoms with van der Waals surface area (Å²) in [6, 6.07) is 10.6. The van der Waals surface area contributed by atoms with Crippen molar-refractivity contribution in [3.63, 3.8) is 0 Å². The zero-order chi connectivity index (χ0) is 15.7. The van der Waals surface area contributed by atoms with Gasteiger partial charge < -0.3 is 10.2 Å². The Labute approximate surface area is 129 Å². The van der Waals surface area contributed by atoms with Crippen molar-refractivity contribution in [2.75, 3.05) is 32.7 Å². The lowest BCUT2D eigenvalue weighted by Gasteiger charge is -2.31. The summed E-state index contributed by atoms with van der Waals surface area (Å²) >= 11 is 0. The fourth-order valence-electron chi connectivity index (χ4n) is 2.60. The van der Waals surface area contributed by atoms with Crippen molar-refractivity contribution in [1.29, 1.82) is 0 Å². The summed E-state index contributed by atoms with van der Waals surface area (Å²) in [5.41, 5.74) is 1.25. The van der Waals surface area contributed by atoms with Crippen molar-refractivity contribution in [2.24, 2.45) is 0 Å². The molecule has 0 aliphatic heterocycles. The molecule has 21 heavy (non-hydrogen) atoms. The predicted molar refractivity (Wildman–Crippen MR) is 88.4 cm³/mol. The Kier molecular flexibility index (Phi) is 7.83. The molecular weight excluding hydrogens is 262 g/mol. The molecule has 0 bridgehead atoms. The fraction of sp³-hybridized carbons (Fsp3) is 0.588. The van der Waals surface area contributed by atoms with Gasteiger partial charge in [0.2, 0.25) is 0 Å². The molecule has 1 aromatic carbocycles. The van der Waals surface area contributed by atoms with Gasteiger partial charge in [-0.3, -0.25) is 4.90 Å². The highest BCUT2D eigenvalue weighted by Gasteiger charge is 2.19. The van der Waals surface area contributed by atoms with Crippen LogP contribution < -0.4 is 5.32 Å². The van der Waals surface area contributed by atoms with Crippen LogP contribution in [0.2, 0.25) is 0 Å². The fourth-order valence-corrected chi connectivity index (χ4v) is 2.60. The minimum atomic E-state index is 0.0214. The SMILES string of the molecule is CCN(CC)C(=O)NCC(c1ccccc1)N(CC)CC. The molecule has 0 aliphatic rings. The molecule has 1 unspecified atom stereocenters. The first-order chi connectivity index (χ1) is 10.2. The molecule has 0 fully saturated rings. The van der Waals surface area contributed by atoms with Crippen LogP contribution in [0, 0.1) is 0 Å². The molecule has 1 N–H and O–H groups in total. The van der Waals surface area contributed by atoms with E-state index < -0.39 is 0 Å². The van der Waals surface area contributed by atoms with Crippen LogP contribution in [0.25, 0.3) is 0 Å². The van der Waals surface area contributed by atoms with E-state index in [-0.39, 0.29) is 12.1 Å². The maximum atomic E-state index is 12.1. The van der Waals surface area contributed by atoms with Crippen LogP contribution in [0.1, 0.15) is 39.3 Å². The van der Waals surface area contributed by atoms with Gasteiger partial charge in [0.1, 0.15) is 0 Å². The Hall–Kier alpha value is -1.55. The van der Waals surface area contributed by atoms with Crippen LogP contribution in [0.3, 0.4) is 0 Å². The van der Waals surface area contributed by atoms with Gasteiger partial charge in [-0.1, -0.05) is 44.2 Å². The second-order valence-electron chi connectivity index (χ2n) is 5.01. The number of amides is 2. The smallest absolute Gasteiger partial charge is 0.317 e. The van der Waals surface area contributed by atoms with E-state index in [0.717, 1.165) is 26.2 Å². The maximum absolute atomic E-state index is 12.1. The monoisotopic (exact) mass is 291 g/mol. The van der Waals surface area contributed by atoms with Crippen molar-refractivity contribution in [2.45, 2.75) is 33.7 Å². The molecule has 118 valence electrons. The van der Waals surface area contributed by atoms with Gasteiger partial charge in [-0.25, -0.2) is 4.79 Å². The Morgan fingerprint density at radius 2 is 1.57 bits per heavy atom. The van der Waals surface area contributed by atoms with Gasteiger partial charge in [-0.2, -0.15) is 0 Å². The van der Waals surface area contributed by atoms with Crippen LogP contribution in [-0.4, -0.2) is 48.6 Å². The second-order valence-corrected chi connectivity index (χ2v) is 5.01. The highest BCUT2D eigenvalue weighted by Crippen LogP contribution is 2.19. The minimum absolute atomic E-state index is 0.0214. The van der Waals surface area contributed by atoms with Crippen LogP contribution in [0.4, 0.5) is 4.79 Å². The summed E-state index contributed by atoms with van der Waals surface area (Å²) in [7, 11) is 0. The van der Waals surface area contributed by atoms with Gasteiger partial charge >= 0.3 is 6.03 Å². The number of likely N-dealkylation sites (N-methyl/N-ethyl adjacent to an activating group) is 1. The quantitative estimate of drug-likeness (QED) is 0.799. The molecule has 0 radical (unpaired) electrons. The van der Waals surface area contributed by atoms with Crippen molar-refractivity contribution in [1.82, 2.24) is 15.1 Å². The Bertz CT molecular complexity index is 400. The number of urea groups is 1. The number of carbonyl (C=O) groups excluding carboxylic acids is 1. The van der Waals surface area contributed by atoms with Crippen molar-refractivity contribution >= 4 is 6.03 Å². The van der Waals surface area contributed by atoms with E-state index in [4.69, 9.17) is 0 Å².